The maximum atomic E-state index is 12.6. The molecule has 1 amide bonds. The van der Waals surface area contributed by atoms with Crippen molar-refractivity contribution >= 4 is 40.7 Å². The molecule has 1 aliphatic carbocycles. The highest BCUT2D eigenvalue weighted by Gasteiger charge is 2.29. The van der Waals surface area contributed by atoms with Gasteiger partial charge in [-0.25, -0.2) is 4.79 Å². The number of benzene rings is 3. The third-order valence-corrected chi connectivity index (χ3v) is 5.66. The van der Waals surface area contributed by atoms with Crippen molar-refractivity contribution in [3.8, 4) is 11.1 Å². The zero-order valence-corrected chi connectivity index (χ0v) is 17.4. The first-order valence-electron chi connectivity index (χ1n) is 8.93. The molecule has 140 valence electrons. The van der Waals surface area contributed by atoms with E-state index in [0.717, 1.165) is 9.86 Å². The van der Waals surface area contributed by atoms with Crippen LogP contribution in [0.1, 0.15) is 27.4 Å². The maximum Gasteiger partial charge on any atom is 0.414 e. The summed E-state index contributed by atoms with van der Waals surface area (Å²) in [6.45, 7) is 0.266. The molecule has 0 fully saturated rings. The molecule has 0 radical (unpaired) electrons. The number of anilines is 1. The van der Waals surface area contributed by atoms with Gasteiger partial charge in [-0.05, 0) is 63.0 Å². The van der Waals surface area contributed by atoms with Crippen LogP contribution in [-0.4, -0.2) is 26.0 Å². The second-order valence-corrected chi connectivity index (χ2v) is 7.97. The van der Waals surface area contributed by atoms with Crippen LogP contribution in [-0.2, 0) is 4.74 Å². The third-order valence-electron chi connectivity index (χ3n) is 5.04. The minimum absolute atomic E-state index is 0.0196. The second kappa shape index (κ2) is 7.75. The van der Waals surface area contributed by atoms with Gasteiger partial charge in [0.05, 0.1) is 0 Å². The Morgan fingerprint density at radius 2 is 1.64 bits per heavy atom. The molecule has 0 bridgehead atoms. The fourth-order valence-corrected chi connectivity index (χ4v) is 4.33. The maximum absolute atomic E-state index is 12.6. The predicted octanol–water partition coefficient (Wildman–Crippen LogP) is 5.49. The van der Waals surface area contributed by atoms with Crippen LogP contribution in [0.2, 0.25) is 0 Å². The van der Waals surface area contributed by atoms with E-state index < -0.39 is 6.09 Å². The van der Waals surface area contributed by atoms with E-state index in [4.69, 9.17) is 4.74 Å². The summed E-state index contributed by atoms with van der Waals surface area (Å²) in [5.74, 6) is 0.0196. The summed E-state index contributed by atoms with van der Waals surface area (Å²) >= 11 is 2.13. The van der Waals surface area contributed by atoms with Gasteiger partial charge in [-0.15, -0.1) is 0 Å². The number of carbonyl (C=O) groups is 2. The van der Waals surface area contributed by atoms with Crippen molar-refractivity contribution in [1.82, 2.24) is 0 Å². The fraction of sp³-hybridized carbons (Fsp3) is 0.130. The van der Waals surface area contributed by atoms with Crippen molar-refractivity contribution in [3.63, 3.8) is 0 Å². The number of rotatable bonds is 4. The van der Waals surface area contributed by atoms with Gasteiger partial charge in [0.15, 0.2) is 0 Å². The van der Waals surface area contributed by atoms with E-state index in [1.165, 1.54) is 27.2 Å². The first-order valence-corrected chi connectivity index (χ1v) is 10.0. The fourth-order valence-electron chi connectivity index (χ4n) is 3.65. The van der Waals surface area contributed by atoms with Gasteiger partial charge in [0.25, 0.3) is 0 Å². The number of nitrogens with zero attached hydrogens (tertiary/aromatic N) is 1. The molecule has 4 rings (SSSR count). The van der Waals surface area contributed by atoms with Crippen LogP contribution in [0.25, 0.3) is 11.1 Å². The highest BCUT2D eigenvalue weighted by molar-refractivity contribution is 14.1. The Morgan fingerprint density at radius 1 is 1.04 bits per heavy atom. The van der Waals surface area contributed by atoms with E-state index in [-0.39, 0.29) is 12.5 Å². The topological polar surface area (TPSA) is 46.6 Å². The lowest BCUT2D eigenvalue weighted by molar-refractivity contribution is 0.112. The molecule has 1 aliphatic rings. The number of halogens is 1. The lowest BCUT2D eigenvalue weighted by Gasteiger charge is -2.20. The number of hydrogen-bond donors (Lipinski definition) is 0. The molecule has 0 atom stereocenters. The Hall–Kier alpha value is -2.67. The molecule has 0 unspecified atom stereocenters. The molecule has 0 spiro atoms. The quantitative estimate of drug-likeness (QED) is 0.364. The molecule has 5 heteroatoms. The van der Waals surface area contributed by atoms with Crippen LogP contribution < -0.4 is 4.90 Å². The molecular weight excluding hydrogens is 465 g/mol. The number of ether oxygens (including phenoxy) is 1. The number of hydrogen-bond acceptors (Lipinski definition) is 3. The third kappa shape index (κ3) is 3.42. The summed E-state index contributed by atoms with van der Waals surface area (Å²) in [6.07, 6.45) is 0.331. The molecular formula is C23H18INO3. The van der Waals surface area contributed by atoms with Gasteiger partial charge in [0.2, 0.25) is 0 Å². The first kappa shape index (κ1) is 18.7. The average molecular weight is 483 g/mol. The lowest BCUT2D eigenvalue weighted by Crippen LogP contribution is -2.28. The van der Waals surface area contributed by atoms with Gasteiger partial charge in [-0.2, -0.15) is 0 Å². The van der Waals surface area contributed by atoms with E-state index >= 15 is 0 Å². The summed E-state index contributed by atoms with van der Waals surface area (Å²) < 4.78 is 6.55. The van der Waals surface area contributed by atoms with Crippen molar-refractivity contribution in [3.05, 3.63) is 87.0 Å². The van der Waals surface area contributed by atoms with Crippen LogP contribution >= 0.6 is 22.6 Å². The number of amides is 1. The Morgan fingerprint density at radius 3 is 2.25 bits per heavy atom. The second-order valence-electron chi connectivity index (χ2n) is 6.72. The van der Waals surface area contributed by atoms with Gasteiger partial charge >= 0.3 is 6.09 Å². The van der Waals surface area contributed by atoms with E-state index in [9.17, 15) is 9.59 Å². The van der Waals surface area contributed by atoms with Gasteiger partial charge in [-0.3, -0.25) is 9.69 Å². The minimum atomic E-state index is -0.444. The van der Waals surface area contributed by atoms with Gasteiger partial charge in [0, 0.05) is 27.8 Å². The standard InChI is InChI=1S/C23H18INO3/c1-25(17-11-15(13-26)10-16(24)12-17)23(27)28-14-22-20-8-4-2-6-18(20)19-7-3-5-9-21(19)22/h2-13,22H,14H2,1H3. The molecule has 4 nitrogen and oxygen atoms in total. The Bertz CT molecular complexity index is 1020. The molecule has 3 aromatic carbocycles. The largest absolute Gasteiger partial charge is 0.448 e. The molecule has 0 aromatic heterocycles. The average Bonchev–Trinajstić information content (AvgIpc) is 3.04. The molecule has 0 heterocycles. The highest BCUT2D eigenvalue weighted by Crippen LogP contribution is 2.44. The van der Waals surface area contributed by atoms with Crippen molar-refractivity contribution in [2.24, 2.45) is 0 Å². The van der Waals surface area contributed by atoms with Gasteiger partial charge in [0.1, 0.15) is 12.9 Å². The molecule has 0 saturated carbocycles. The van der Waals surface area contributed by atoms with Crippen LogP contribution in [0.4, 0.5) is 10.5 Å². The summed E-state index contributed by atoms with van der Waals surface area (Å²) in [5, 5.41) is 0. The van der Waals surface area contributed by atoms with E-state index in [1.54, 1.807) is 19.2 Å². The van der Waals surface area contributed by atoms with Crippen LogP contribution in [0, 0.1) is 3.57 Å². The highest BCUT2D eigenvalue weighted by atomic mass is 127. The summed E-state index contributed by atoms with van der Waals surface area (Å²) in [7, 11) is 1.65. The summed E-state index contributed by atoms with van der Waals surface area (Å²) in [4.78, 5) is 25.2. The number of aldehydes is 1. The van der Waals surface area contributed by atoms with E-state index in [1.807, 2.05) is 30.3 Å². The predicted molar refractivity (Wildman–Crippen MR) is 118 cm³/mol. The lowest BCUT2D eigenvalue weighted by atomic mass is 9.98. The normalized spacial score (nSPS) is 12.2. The van der Waals surface area contributed by atoms with Gasteiger partial charge < -0.3 is 4.74 Å². The molecule has 0 aliphatic heterocycles. The molecule has 0 saturated heterocycles. The zero-order chi connectivity index (χ0) is 19.7. The Balaban J connectivity index is 1.54. The van der Waals surface area contributed by atoms with Crippen LogP contribution in [0.3, 0.4) is 0 Å². The minimum Gasteiger partial charge on any atom is -0.448 e. The van der Waals surface area contributed by atoms with Crippen molar-refractivity contribution in [1.29, 1.82) is 0 Å². The monoisotopic (exact) mass is 483 g/mol. The van der Waals surface area contributed by atoms with E-state index in [0.29, 0.717) is 11.3 Å². The first-order chi connectivity index (χ1) is 13.6. The van der Waals surface area contributed by atoms with Crippen LogP contribution in [0.5, 0.6) is 0 Å². The van der Waals surface area contributed by atoms with Crippen LogP contribution in [0.15, 0.2) is 66.7 Å². The van der Waals surface area contributed by atoms with Crippen molar-refractivity contribution in [2.45, 2.75) is 5.92 Å². The molecule has 28 heavy (non-hydrogen) atoms. The Kier molecular flexibility index (Phi) is 5.17. The number of fused-ring (bicyclic) bond motifs is 3. The molecule has 3 aromatic rings. The SMILES string of the molecule is CN(C(=O)OCC1c2ccccc2-c2ccccc21)c1cc(I)cc(C=O)c1. The number of carbonyl (C=O) groups excluding carboxylic acids is 2. The van der Waals surface area contributed by atoms with Gasteiger partial charge in [-0.1, -0.05) is 48.5 Å². The van der Waals surface area contributed by atoms with Crippen molar-refractivity contribution in [2.75, 3.05) is 18.6 Å². The zero-order valence-electron chi connectivity index (χ0n) is 15.3. The van der Waals surface area contributed by atoms with E-state index in [2.05, 4.69) is 46.9 Å². The summed E-state index contributed by atoms with van der Waals surface area (Å²) in [6, 6.07) is 21.8. The smallest absolute Gasteiger partial charge is 0.414 e. The molecule has 0 N–H and O–H groups in total. The summed E-state index contributed by atoms with van der Waals surface area (Å²) in [5.41, 5.74) is 5.90. The Labute approximate surface area is 177 Å². The van der Waals surface area contributed by atoms with Crippen molar-refractivity contribution < 1.29 is 14.3 Å².